The summed E-state index contributed by atoms with van der Waals surface area (Å²) in [6.45, 7) is 5.71. The van der Waals surface area contributed by atoms with Gasteiger partial charge in [0.1, 0.15) is 5.82 Å². The van der Waals surface area contributed by atoms with Crippen molar-refractivity contribution in [2.45, 2.75) is 20.4 Å². The van der Waals surface area contributed by atoms with Crippen LogP contribution in [-0.2, 0) is 6.54 Å². The molecule has 0 radical (unpaired) electrons. The molecule has 26 heavy (non-hydrogen) atoms. The average molecular weight is 357 g/mol. The van der Waals surface area contributed by atoms with Gasteiger partial charge < -0.3 is 16.0 Å². The first-order valence-corrected chi connectivity index (χ1v) is 8.56. The van der Waals surface area contributed by atoms with Gasteiger partial charge in [-0.3, -0.25) is 9.78 Å². The van der Waals surface area contributed by atoms with Crippen molar-refractivity contribution < 1.29 is 9.18 Å². The molecular weight excluding hydrogens is 333 g/mol. The first-order chi connectivity index (χ1) is 12.6. The van der Waals surface area contributed by atoms with E-state index < -0.39 is 0 Å². The van der Waals surface area contributed by atoms with E-state index in [4.69, 9.17) is 0 Å². The first-order valence-electron chi connectivity index (χ1n) is 8.56. The van der Waals surface area contributed by atoms with Crippen LogP contribution < -0.4 is 16.0 Å². The Labute approximate surface area is 152 Å². The van der Waals surface area contributed by atoms with Gasteiger partial charge in [0.15, 0.2) is 5.96 Å². The predicted octanol–water partition coefficient (Wildman–Crippen LogP) is 2.01. The third-order valence-electron chi connectivity index (χ3n) is 3.61. The molecule has 0 unspecified atom stereocenters. The molecule has 7 heteroatoms. The van der Waals surface area contributed by atoms with Crippen LogP contribution in [0.4, 0.5) is 4.39 Å². The number of rotatable bonds is 7. The summed E-state index contributed by atoms with van der Waals surface area (Å²) in [6.07, 6.45) is 1.73. The fourth-order valence-corrected chi connectivity index (χ4v) is 2.19. The minimum atomic E-state index is -0.383. The van der Waals surface area contributed by atoms with Crippen molar-refractivity contribution in [2.24, 2.45) is 4.99 Å². The zero-order chi connectivity index (χ0) is 18.8. The second kappa shape index (κ2) is 10.1. The van der Waals surface area contributed by atoms with Crippen LogP contribution in [0.3, 0.4) is 0 Å². The van der Waals surface area contributed by atoms with Crippen LogP contribution in [0.5, 0.6) is 0 Å². The van der Waals surface area contributed by atoms with E-state index in [2.05, 4.69) is 25.9 Å². The number of aromatic nitrogens is 1. The molecule has 2 aromatic rings. The fraction of sp³-hybridized carbons (Fsp3) is 0.316. The number of nitrogens with zero attached hydrogens (tertiary/aromatic N) is 2. The molecule has 0 fully saturated rings. The van der Waals surface area contributed by atoms with Gasteiger partial charge in [0.2, 0.25) is 0 Å². The molecule has 0 bridgehead atoms. The maximum atomic E-state index is 13.5. The second-order valence-electron chi connectivity index (χ2n) is 5.66. The standard InChI is InChI=1S/C19H24FN5O/c1-3-21-19(25-13-16-6-4-5-9-22-16)24-11-10-23-18(26)15-8-7-14(2)17(20)12-15/h4-9,12H,3,10-11,13H2,1-2H3,(H,23,26)(H2,21,24,25). The Hall–Kier alpha value is -2.96. The highest BCUT2D eigenvalue weighted by molar-refractivity contribution is 5.94. The molecule has 1 amide bonds. The van der Waals surface area contributed by atoms with Gasteiger partial charge in [-0.15, -0.1) is 0 Å². The summed E-state index contributed by atoms with van der Waals surface area (Å²) in [6, 6.07) is 10.1. The van der Waals surface area contributed by atoms with Crippen molar-refractivity contribution in [2.75, 3.05) is 19.6 Å². The third-order valence-corrected chi connectivity index (χ3v) is 3.61. The van der Waals surface area contributed by atoms with E-state index in [0.29, 0.717) is 36.7 Å². The number of hydrogen-bond acceptors (Lipinski definition) is 3. The van der Waals surface area contributed by atoms with Crippen LogP contribution >= 0.6 is 0 Å². The van der Waals surface area contributed by atoms with E-state index in [-0.39, 0.29) is 11.7 Å². The molecule has 3 N–H and O–H groups in total. The molecule has 138 valence electrons. The molecule has 1 aromatic carbocycles. The molecule has 0 saturated heterocycles. The Kier molecular flexibility index (Phi) is 7.54. The number of aryl methyl sites for hydroxylation is 1. The maximum absolute atomic E-state index is 13.5. The van der Waals surface area contributed by atoms with Crippen molar-refractivity contribution in [3.63, 3.8) is 0 Å². The second-order valence-corrected chi connectivity index (χ2v) is 5.66. The van der Waals surface area contributed by atoms with Gasteiger partial charge in [-0.1, -0.05) is 12.1 Å². The van der Waals surface area contributed by atoms with E-state index in [9.17, 15) is 9.18 Å². The van der Waals surface area contributed by atoms with Crippen LogP contribution in [0.2, 0.25) is 0 Å². The zero-order valence-corrected chi connectivity index (χ0v) is 15.1. The van der Waals surface area contributed by atoms with Gasteiger partial charge in [0.25, 0.3) is 5.91 Å². The topological polar surface area (TPSA) is 78.4 Å². The van der Waals surface area contributed by atoms with E-state index in [1.54, 1.807) is 25.3 Å². The van der Waals surface area contributed by atoms with Crippen LogP contribution in [0.25, 0.3) is 0 Å². The maximum Gasteiger partial charge on any atom is 0.251 e. The fourth-order valence-electron chi connectivity index (χ4n) is 2.19. The summed E-state index contributed by atoms with van der Waals surface area (Å²) in [7, 11) is 0. The highest BCUT2D eigenvalue weighted by Gasteiger charge is 2.07. The Morgan fingerprint density at radius 1 is 1.15 bits per heavy atom. The lowest BCUT2D eigenvalue weighted by Gasteiger charge is -2.12. The quantitative estimate of drug-likeness (QED) is 0.402. The van der Waals surface area contributed by atoms with Gasteiger partial charge in [-0.2, -0.15) is 0 Å². The van der Waals surface area contributed by atoms with Gasteiger partial charge >= 0.3 is 0 Å². The van der Waals surface area contributed by atoms with Gasteiger partial charge in [0, 0.05) is 31.4 Å². The van der Waals surface area contributed by atoms with E-state index in [1.165, 1.54) is 6.07 Å². The summed E-state index contributed by atoms with van der Waals surface area (Å²) < 4.78 is 13.5. The van der Waals surface area contributed by atoms with E-state index in [0.717, 1.165) is 12.2 Å². The highest BCUT2D eigenvalue weighted by atomic mass is 19.1. The number of halogens is 1. The van der Waals surface area contributed by atoms with Crippen molar-refractivity contribution in [3.05, 3.63) is 65.2 Å². The van der Waals surface area contributed by atoms with Crippen LogP contribution in [0.15, 0.2) is 47.6 Å². The number of carbonyl (C=O) groups is 1. The lowest BCUT2D eigenvalue weighted by molar-refractivity contribution is 0.0954. The molecule has 0 atom stereocenters. The van der Waals surface area contributed by atoms with Crippen molar-refractivity contribution in [1.29, 1.82) is 0 Å². The van der Waals surface area contributed by atoms with Crippen molar-refractivity contribution >= 4 is 11.9 Å². The Morgan fingerprint density at radius 2 is 1.96 bits per heavy atom. The zero-order valence-electron chi connectivity index (χ0n) is 15.1. The lowest BCUT2D eigenvalue weighted by atomic mass is 10.1. The minimum absolute atomic E-state index is 0.305. The largest absolute Gasteiger partial charge is 0.357 e. The molecule has 6 nitrogen and oxygen atoms in total. The number of nitrogens with one attached hydrogen (secondary N) is 3. The normalized spacial score (nSPS) is 11.1. The highest BCUT2D eigenvalue weighted by Crippen LogP contribution is 2.08. The first kappa shape index (κ1) is 19.4. The minimum Gasteiger partial charge on any atom is -0.357 e. The smallest absolute Gasteiger partial charge is 0.251 e. The SMILES string of the molecule is CCNC(=NCc1ccccn1)NCCNC(=O)c1ccc(C)c(F)c1. The Morgan fingerprint density at radius 3 is 2.65 bits per heavy atom. The summed E-state index contributed by atoms with van der Waals surface area (Å²) in [5, 5.41) is 9.03. The molecule has 0 saturated carbocycles. The molecule has 1 heterocycles. The molecular formula is C19H24FN5O. The van der Waals surface area contributed by atoms with E-state index >= 15 is 0 Å². The van der Waals surface area contributed by atoms with Gasteiger partial charge in [-0.05, 0) is 43.7 Å². The van der Waals surface area contributed by atoms with Gasteiger partial charge in [0.05, 0.1) is 12.2 Å². The van der Waals surface area contributed by atoms with Crippen molar-refractivity contribution in [3.8, 4) is 0 Å². The van der Waals surface area contributed by atoms with Gasteiger partial charge in [-0.25, -0.2) is 9.38 Å². The summed E-state index contributed by atoms with van der Waals surface area (Å²) in [5.74, 6) is -0.0400. The number of benzene rings is 1. The number of pyridine rings is 1. The molecule has 0 aliphatic heterocycles. The number of carbonyl (C=O) groups excluding carboxylic acids is 1. The third kappa shape index (κ3) is 6.16. The van der Waals surface area contributed by atoms with Crippen molar-refractivity contribution in [1.82, 2.24) is 20.9 Å². The number of guanidine groups is 1. The molecule has 0 aliphatic carbocycles. The summed E-state index contributed by atoms with van der Waals surface area (Å²) in [5.41, 5.74) is 1.70. The Bertz CT molecular complexity index is 749. The van der Waals surface area contributed by atoms with Crippen LogP contribution in [0.1, 0.15) is 28.5 Å². The van der Waals surface area contributed by atoms with Crippen LogP contribution in [0, 0.1) is 12.7 Å². The lowest BCUT2D eigenvalue weighted by Crippen LogP contribution is -2.41. The number of amides is 1. The predicted molar refractivity (Wildman–Crippen MR) is 101 cm³/mol. The molecule has 0 aliphatic rings. The Balaban J connectivity index is 1.79. The average Bonchev–Trinajstić information content (AvgIpc) is 2.66. The van der Waals surface area contributed by atoms with E-state index in [1.807, 2.05) is 25.1 Å². The summed E-state index contributed by atoms with van der Waals surface area (Å²) >= 11 is 0. The monoisotopic (exact) mass is 357 g/mol. The summed E-state index contributed by atoms with van der Waals surface area (Å²) in [4.78, 5) is 20.7. The molecule has 0 spiro atoms. The molecule has 1 aromatic heterocycles. The number of hydrogen-bond donors (Lipinski definition) is 3. The molecule has 2 rings (SSSR count). The number of aliphatic imine (C=N–C) groups is 1. The van der Waals surface area contributed by atoms with Crippen LogP contribution in [-0.4, -0.2) is 36.5 Å².